The number of carbonyl (C=O) groups is 2. The molecule has 0 atom stereocenters. The molecule has 1 aliphatic rings. The summed E-state index contributed by atoms with van der Waals surface area (Å²) >= 11 is 4.22. The van der Waals surface area contributed by atoms with Crippen LogP contribution in [0.25, 0.3) is 6.08 Å². The highest BCUT2D eigenvalue weighted by Crippen LogP contribution is 2.39. The van der Waals surface area contributed by atoms with Crippen molar-refractivity contribution in [2.75, 3.05) is 20.8 Å². The van der Waals surface area contributed by atoms with Gasteiger partial charge in [-0.25, -0.2) is 0 Å². The quantitative estimate of drug-likeness (QED) is 0.592. The van der Waals surface area contributed by atoms with Crippen molar-refractivity contribution in [3.05, 3.63) is 27.1 Å². The Labute approximate surface area is 140 Å². The summed E-state index contributed by atoms with van der Waals surface area (Å²) in [5.41, 5.74) is 0.625. The highest BCUT2D eigenvalue weighted by atomic mass is 79.9. The van der Waals surface area contributed by atoms with Gasteiger partial charge in [-0.3, -0.25) is 14.5 Å². The van der Waals surface area contributed by atoms with E-state index in [1.165, 1.54) is 14.2 Å². The van der Waals surface area contributed by atoms with Crippen LogP contribution in [0.4, 0.5) is 4.79 Å². The van der Waals surface area contributed by atoms with Crippen molar-refractivity contribution < 1.29 is 19.1 Å². The van der Waals surface area contributed by atoms with E-state index >= 15 is 0 Å². The van der Waals surface area contributed by atoms with E-state index in [-0.39, 0.29) is 11.8 Å². The zero-order chi connectivity index (χ0) is 16.3. The van der Waals surface area contributed by atoms with E-state index in [0.717, 1.165) is 21.1 Å². The third-order valence-corrected chi connectivity index (χ3v) is 4.25. The maximum absolute atomic E-state index is 12.2. The topological polar surface area (TPSA) is 55.8 Å². The van der Waals surface area contributed by atoms with Gasteiger partial charge in [0.25, 0.3) is 11.1 Å². The number of terminal acetylenes is 1. The van der Waals surface area contributed by atoms with E-state index in [2.05, 4.69) is 21.9 Å². The maximum Gasteiger partial charge on any atom is 0.294 e. The summed E-state index contributed by atoms with van der Waals surface area (Å²) < 4.78 is 11.3. The Morgan fingerprint density at radius 3 is 2.68 bits per heavy atom. The lowest BCUT2D eigenvalue weighted by Gasteiger charge is -2.11. The summed E-state index contributed by atoms with van der Waals surface area (Å²) in [6, 6.07) is 3.52. The number of methoxy groups -OCH3 is 2. The minimum Gasteiger partial charge on any atom is -0.493 e. The number of halogens is 1. The van der Waals surface area contributed by atoms with Crippen molar-refractivity contribution in [3.8, 4) is 23.8 Å². The molecule has 0 aliphatic carbocycles. The minimum absolute atomic E-state index is 0.0407. The number of nitrogens with zero attached hydrogens (tertiary/aromatic N) is 1. The van der Waals surface area contributed by atoms with Crippen LogP contribution in [-0.4, -0.2) is 36.8 Å². The number of carbonyl (C=O) groups excluding carboxylic acids is 2. The fraction of sp³-hybridized carbons (Fsp3) is 0.200. The summed E-state index contributed by atoms with van der Waals surface area (Å²) in [5.74, 6) is 2.89. The number of hydrogen-bond acceptors (Lipinski definition) is 5. The zero-order valence-corrected chi connectivity index (χ0v) is 14.3. The molecule has 5 nitrogen and oxygen atoms in total. The van der Waals surface area contributed by atoms with Gasteiger partial charge in [0.05, 0.1) is 25.7 Å². The molecule has 2 amide bonds. The fourth-order valence-electron chi connectivity index (χ4n) is 1.93. The largest absolute Gasteiger partial charge is 0.493 e. The lowest BCUT2D eigenvalue weighted by Crippen LogP contribution is -2.28. The highest BCUT2D eigenvalue weighted by Gasteiger charge is 2.34. The molecule has 0 aromatic heterocycles. The molecule has 0 radical (unpaired) electrons. The molecule has 1 aliphatic heterocycles. The van der Waals surface area contributed by atoms with Crippen molar-refractivity contribution in [2.45, 2.75) is 0 Å². The van der Waals surface area contributed by atoms with Crippen molar-refractivity contribution in [2.24, 2.45) is 0 Å². The van der Waals surface area contributed by atoms with Crippen molar-refractivity contribution in [1.29, 1.82) is 0 Å². The molecule has 0 unspecified atom stereocenters. The first-order valence-corrected chi connectivity index (χ1v) is 7.73. The van der Waals surface area contributed by atoms with Crippen molar-refractivity contribution in [3.63, 3.8) is 0 Å². The van der Waals surface area contributed by atoms with Crippen molar-refractivity contribution in [1.82, 2.24) is 4.90 Å². The van der Waals surface area contributed by atoms with Crippen LogP contribution in [0, 0.1) is 12.3 Å². The maximum atomic E-state index is 12.2. The Balaban J connectivity index is 2.46. The predicted molar refractivity (Wildman–Crippen MR) is 88.8 cm³/mol. The molecule has 0 N–H and O–H groups in total. The van der Waals surface area contributed by atoms with Gasteiger partial charge in [0.1, 0.15) is 0 Å². The summed E-state index contributed by atoms with van der Waals surface area (Å²) in [4.78, 5) is 25.3. The molecule has 1 saturated heterocycles. The number of ether oxygens (including phenoxy) is 2. The Morgan fingerprint density at radius 1 is 1.36 bits per heavy atom. The second-order valence-corrected chi connectivity index (χ2v) is 6.11. The van der Waals surface area contributed by atoms with Crippen molar-refractivity contribution >= 4 is 44.9 Å². The summed E-state index contributed by atoms with van der Waals surface area (Å²) in [6.45, 7) is -0.0407. The average Bonchev–Trinajstić information content (AvgIpc) is 2.74. The molecular weight excluding hydrogens is 370 g/mol. The Bertz CT molecular complexity index is 708. The van der Waals surface area contributed by atoms with E-state index in [9.17, 15) is 9.59 Å². The molecule has 0 bridgehead atoms. The first kappa shape index (κ1) is 16.5. The molecule has 7 heteroatoms. The minimum atomic E-state index is -0.408. The van der Waals surface area contributed by atoms with Gasteiger partial charge in [-0.1, -0.05) is 21.9 Å². The first-order chi connectivity index (χ1) is 10.5. The monoisotopic (exact) mass is 381 g/mol. The van der Waals surface area contributed by atoms with Gasteiger partial charge in [-0.15, -0.1) is 6.42 Å². The van der Waals surface area contributed by atoms with Gasteiger partial charge in [0.2, 0.25) is 0 Å². The van der Waals surface area contributed by atoms with Crippen LogP contribution in [-0.2, 0) is 4.79 Å². The molecule has 1 aromatic carbocycles. The molecule has 0 spiro atoms. The molecule has 1 fully saturated rings. The SMILES string of the molecule is C#CCN1C(=O)S/C(=C/c2cc(Br)cc(OC)c2OC)C1=O. The second-order valence-electron chi connectivity index (χ2n) is 4.20. The molecule has 1 heterocycles. The van der Waals surface area contributed by atoms with Gasteiger partial charge in [0, 0.05) is 10.0 Å². The molecular formula is C15H12BrNO4S. The van der Waals surface area contributed by atoms with Crippen LogP contribution >= 0.6 is 27.7 Å². The van der Waals surface area contributed by atoms with Crippen LogP contribution in [0.5, 0.6) is 11.5 Å². The molecule has 22 heavy (non-hydrogen) atoms. The van der Waals surface area contributed by atoms with E-state index in [0.29, 0.717) is 22.0 Å². The van der Waals surface area contributed by atoms with Gasteiger partial charge >= 0.3 is 0 Å². The number of hydrogen-bond donors (Lipinski definition) is 0. The van der Waals surface area contributed by atoms with Crippen LogP contribution in [0.3, 0.4) is 0 Å². The highest BCUT2D eigenvalue weighted by molar-refractivity contribution is 9.10. The molecule has 1 aromatic rings. The predicted octanol–water partition coefficient (Wildman–Crippen LogP) is 3.14. The smallest absolute Gasteiger partial charge is 0.294 e. The first-order valence-electron chi connectivity index (χ1n) is 6.12. The standard InChI is InChI=1S/C15H12BrNO4S/c1-4-5-17-14(18)12(22-15(17)19)7-9-6-10(16)8-11(20-2)13(9)21-3/h1,6-8H,5H2,2-3H3/b12-7+. The van der Waals surface area contributed by atoms with E-state index in [4.69, 9.17) is 15.9 Å². The van der Waals surface area contributed by atoms with Gasteiger partial charge in [0.15, 0.2) is 11.5 Å². The molecule has 2 rings (SSSR count). The molecule has 114 valence electrons. The van der Waals surface area contributed by atoms with E-state index < -0.39 is 5.91 Å². The number of rotatable bonds is 4. The summed E-state index contributed by atoms with van der Waals surface area (Å²) in [5, 5.41) is -0.380. The van der Waals surface area contributed by atoms with E-state index in [1.807, 2.05) is 0 Å². The third-order valence-electron chi connectivity index (χ3n) is 2.88. The summed E-state index contributed by atoms with van der Waals surface area (Å²) in [7, 11) is 3.03. The fourth-order valence-corrected chi connectivity index (χ4v) is 3.22. The zero-order valence-electron chi connectivity index (χ0n) is 11.9. The van der Waals surface area contributed by atoms with E-state index in [1.54, 1.807) is 18.2 Å². The number of amides is 2. The Kier molecular flexibility index (Phi) is 5.16. The number of thioether (sulfide) groups is 1. The third kappa shape index (κ3) is 3.13. The van der Waals surface area contributed by atoms with Gasteiger partial charge < -0.3 is 9.47 Å². The van der Waals surface area contributed by atoms with Crippen LogP contribution in [0.1, 0.15) is 5.56 Å². The summed E-state index contributed by atoms with van der Waals surface area (Å²) in [6.07, 6.45) is 6.76. The number of benzene rings is 1. The Morgan fingerprint density at radius 2 is 2.09 bits per heavy atom. The second kappa shape index (κ2) is 6.90. The Hall–Kier alpha value is -1.91. The normalized spacial score (nSPS) is 16.1. The lowest BCUT2D eigenvalue weighted by molar-refractivity contribution is -0.122. The van der Waals surface area contributed by atoms with Crippen LogP contribution in [0.2, 0.25) is 0 Å². The molecule has 0 saturated carbocycles. The van der Waals surface area contributed by atoms with Gasteiger partial charge in [-0.2, -0.15) is 0 Å². The van der Waals surface area contributed by atoms with Crippen LogP contribution in [0.15, 0.2) is 21.5 Å². The van der Waals surface area contributed by atoms with Crippen LogP contribution < -0.4 is 9.47 Å². The lowest BCUT2D eigenvalue weighted by atomic mass is 10.1. The number of imide groups is 1. The average molecular weight is 382 g/mol. The van der Waals surface area contributed by atoms with Gasteiger partial charge in [-0.05, 0) is 30.0 Å².